The summed E-state index contributed by atoms with van der Waals surface area (Å²) in [5, 5.41) is 6.77. The lowest BCUT2D eigenvalue weighted by molar-refractivity contribution is -0.134. The average molecular weight is 624 g/mol. The van der Waals surface area contributed by atoms with Gasteiger partial charge >= 0.3 is 0 Å². The standard InChI is InChI=1S/C33H42FN5O6/c1-22(35-32(40)24-9-12-28(42-2)29(20-24)43-3)33(41)39-16-14-38(15-17-39)13-6-18-44-25-10-11-26(27(34)21-25)31-36-30(45-37-31)19-23-7-4-5-8-23/h9-12,20-23H,4-8,13-19H2,1-3H3,(H,35,40)/t22-/m1/s1. The number of ether oxygens (including phenoxy) is 3. The zero-order valence-electron chi connectivity index (χ0n) is 26.2. The molecule has 1 aliphatic heterocycles. The number of hydrogen-bond donors (Lipinski definition) is 1. The SMILES string of the molecule is COc1ccc(C(=O)N[C@H](C)C(=O)N2CCN(CCCOc3ccc(-c4noc(CC5CCCC5)n4)c(F)c3)CC2)cc1OC. The van der Waals surface area contributed by atoms with Gasteiger partial charge in [0.05, 0.1) is 26.4 Å². The molecule has 1 atom stereocenters. The summed E-state index contributed by atoms with van der Waals surface area (Å²) >= 11 is 0. The normalized spacial score (nSPS) is 16.4. The number of benzene rings is 2. The molecule has 5 rings (SSSR count). The number of nitrogens with one attached hydrogen (secondary N) is 1. The highest BCUT2D eigenvalue weighted by Gasteiger charge is 2.26. The predicted octanol–water partition coefficient (Wildman–Crippen LogP) is 4.36. The monoisotopic (exact) mass is 623 g/mol. The Morgan fingerprint density at radius 2 is 1.80 bits per heavy atom. The molecule has 0 radical (unpaired) electrons. The molecule has 2 amide bonds. The molecule has 1 aromatic heterocycles. The third-order valence-corrected chi connectivity index (χ3v) is 8.52. The number of nitrogens with zero attached hydrogens (tertiary/aromatic N) is 4. The Morgan fingerprint density at radius 1 is 1.04 bits per heavy atom. The fourth-order valence-electron chi connectivity index (χ4n) is 5.94. The van der Waals surface area contributed by atoms with E-state index in [-0.39, 0.29) is 17.6 Å². The summed E-state index contributed by atoms with van der Waals surface area (Å²) in [6.07, 6.45) is 6.34. The topological polar surface area (TPSA) is 119 Å². The van der Waals surface area contributed by atoms with E-state index in [4.69, 9.17) is 18.7 Å². The molecule has 1 N–H and O–H groups in total. The molecule has 2 aromatic carbocycles. The van der Waals surface area contributed by atoms with Crippen molar-refractivity contribution in [2.24, 2.45) is 5.92 Å². The molecule has 0 bridgehead atoms. The van der Waals surface area contributed by atoms with Crippen molar-refractivity contribution in [3.63, 3.8) is 0 Å². The van der Waals surface area contributed by atoms with E-state index < -0.39 is 11.9 Å². The van der Waals surface area contributed by atoms with Gasteiger partial charge in [0.2, 0.25) is 17.6 Å². The van der Waals surface area contributed by atoms with E-state index in [1.165, 1.54) is 46.0 Å². The molecular formula is C33H42FN5O6. The Hall–Kier alpha value is -4.19. The van der Waals surface area contributed by atoms with Gasteiger partial charge in [-0.2, -0.15) is 4.98 Å². The van der Waals surface area contributed by atoms with Crippen molar-refractivity contribution in [3.05, 3.63) is 53.7 Å². The number of carbonyl (C=O) groups is 2. The van der Waals surface area contributed by atoms with Gasteiger partial charge in [-0.1, -0.05) is 18.0 Å². The molecule has 12 heteroatoms. The van der Waals surface area contributed by atoms with Crippen molar-refractivity contribution in [2.45, 2.75) is 51.5 Å². The minimum atomic E-state index is -0.670. The molecule has 1 saturated carbocycles. The van der Waals surface area contributed by atoms with E-state index in [1.807, 2.05) is 0 Å². The van der Waals surface area contributed by atoms with Crippen molar-refractivity contribution in [1.29, 1.82) is 0 Å². The molecule has 2 heterocycles. The van der Waals surface area contributed by atoms with Crippen LogP contribution in [0.1, 0.15) is 55.3 Å². The molecule has 1 aliphatic carbocycles. The van der Waals surface area contributed by atoms with Gasteiger partial charge in [0, 0.05) is 50.8 Å². The summed E-state index contributed by atoms with van der Waals surface area (Å²) in [5.74, 6) is 1.89. The van der Waals surface area contributed by atoms with Crippen LogP contribution in [0.3, 0.4) is 0 Å². The number of amides is 2. The summed E-state index contributed by atoms with van der Waals surface area (Å²) in [7, 11) is 3.03. The van der Waals surface area contributed by atoms with Crippen molar-refractivity contribution < 1.29 is 32.7 Å². The van der Waals surface area contributed by atoms with Crippen molar-refractivity contribution in [2.75, 3.05) is 53.6 Å². The molecule has 2 aliphatic rings. The van der Waals surface area contributed by atoms with E-state index >= 15 is 0 Å². The highest BCUT2D eigenvalue weighted by molar-refractivity contribution is 5.98. The molecular weight excluding hydrogens is 581 g/mol. The third-order valence-electron chi connectivity index (χ3n) is 8.52. The van der Waals surface area contributed by atoms with E-state index in [9.17, 15) is 14.0 Å². The Morgan fingerprint density at radius 3 is 2.51 bits per heavy atom. The minimum Gasteiger partial charge on any atom is -0.493 e. The average Bonchev–Trinajstić information content (AvgIpc) is 3.75. The summed E-state index contributed by atoms with van der Waals surface area (Å²) in [6, 6.07) is 8.91. The van der Waals surface area contributed by atoms with E-state index in [0.717, 1.165) is 32.5 Å². The van der Waals surface area contributed by atoms with Crippen LogP contribution in [0.25, 0.3) is 11.4 Å². The number of rotatable bonds is 13. The first kappa shape index (κ1) is 32.2. The Balaban J connectivity index is 1.01. The van der Waals surface area contributed by atoms with E-state index in [0.29, 0.717) is 59.9 Å². The lowest BCUT2D eigenvalue weighted by atomic mass is 10.0. The molecule has 242 valence electrons. The van der Waals surface area contributed by atoms with Gasteiger partial charge in [0.25, 0.3) is 5.91 Å². The molecule has 0 unspecified atom stereocenters. The second kappa shape index (κ2) is 15.2. The molecule has 11 nitrogen and oxygen atoms in total. The van der Waals surface area contributed by atoms with Gasteiger partial charge in [-0.3, -0.25) is 14.5 Å². The van der Waals surface area contributed by atoms with Crippen LogP contribution in [0, 0.1) is 11.7 Å². The first-order valence-electron chi connectivity index (χ1n) is 15.6. The van der Waals surface area contributed by atoms with Gasteiger partial charge in [-0.05, 0) is 62.4 Å². The van der Waals surface area contributed by atoms with Crippen LogP contribution < -0.4 is 19.5 Å². The highest BCUT2D eigenvalue weighted by Crippen LogP contribution is 2.30. The lowest BCUT2D eigenvalue weighted by Crippen LogP contribution is -2.54. The van der Waals surface area contributed by atoms with Crippen molar-refractivity contribution in [3.8, 4) is 28.6 Å². The zero-order chi connectivity index (χ0) is 31.8. The van der Waals surface area contributed by atoms with Crippen molar-refractivity contribution in [1.82, 2.24) is 25.3 Å². The third kappa shape index (κ3) is 8.30. The Kier molecular flexibility index (Phi) is 10.9. The van der Waals surface area contributed by atoms with Crippen LogP contribution >= 0.6 is 0 Å². The Bertz CT molecular complexity index is 1450. The summed E-state index contributed by atoms with van der Waals surface area (Å²) in [4.78, 5) is 34.2. The first-order chi connectivity index (χ1) is 21.8. The highest BCUT2D eigenvalue weighted by atomic mass is 19.1. The maximum atomic E-state index is 14.8. The fourth-order valence-corrected chi connectivity index (χ4v) is 5.94. The van der Waals surface area contributed by atoms with E-state index in [1.54, 1.807) is 42.2 Å². The van der Waals surface area contributed by atoms with E-state index in [2.05, 4.69) is 20.4 Å². The van der Waals surface area contributed by atoms with Gasteiger partial charge in [-0.25, -0.2) is 4.39 Å². The number of piperazine rings is 1. The maximum absolute atomic E-state index is 14.8. The lowest BCUT2D eigenvalue weighted by Gasteiger charge is -2.36. The first-order valence-corrected chi connectivity index (χ1v) is 15.6. The van der Waals surface area contributed by atoms with Crippen LogP contribution in [-0.4, -0.2) is 91.3 Å². The van der Waals surface area contributed by atoms with Crippen LogP contribution in [-0.2, 0) is 11.2 Å². The quantitative estimate of drug-likeness (QED) is 0.277. The number of methoxy groups -OCH3 is 2. The smallest absolute Gasteiger partial charge is 0.252 e. The second-order valence-electron chi connectivity index (χ2n) is 11.6. The maximum Gasteiger partial charge on any atom is 0.252 e. The van der Waals surface area contributed by atoms with Crippen molar-refractivity contribution >= 4 is 11.8 Å². The van der Waals surface area contributed by atoms with Gasteiger partial charge in [0.1, 0.15) is 17.6 Å². The molecule has 2 fully saturated rings. The van der Waals surface area contributed by atoms with Crippen LogP contribution in [0.2, 0.25) is 0 Å². The zero-order valence-corrected chi connectivity index (χ0v) is 26.2. The molecule has 0 spiro atoms. The number of halogens is 1. The molecule has 45 heavy (non-hydrogen) atoms. The largest absolute Gasteiger partial charge is 0.493 e. The van der Waals surface area contributed by atoms with Gasteiger partial charge in [0.15, 0.2) is 11.5 Å². The summed E-state index contributed by atoms with van der Waals surface area (Å²) in [5.41, 5.74) is 0.680. The minimum absolute atomic E-state index is 0.122. The van der Waals surface area contributed by atoms with Crippen LogP contribution in [0.15, 0.2) is 40.9 Å². The predicted molar refractivity (Wildman–Crippen MR) is 165 cm³/mol. The van der Waals surface area contributed by atoms with Crippen LogP contribution in [0.4, 0.5) is 4.39 Å². The summed E-state index contributed by atoms with van der Waals surface area (Å²) < 4.78 is 36.5. The van der Waals surface area contributed by atoms with Gasteiger partial charge in [-0.15, -0.1) is 0 Å². The summed E-state index contributed by atoms with van der Waals surface area (Å²) in [6.45, 7) is 5.50. The number of carbonyl (C=O) groups excluding carboxylic acids is 2. The van der Waals surface area contributed by atoms with Gasteiger partial charge < -0.3 is 29.0 Å². The second-order valence-corrected chi connectivity index (χ2v) is 11.6. The number of aromatic nitrogens is 2. The fraction of sp³-hybridized carbons (Fsp3) is 0.515. The van der Waals surface area contributed by atoms with Crippen LogP contribution in [0.5, 0.6) is 17.2 Å². The Labute approximate surface area is 263 Å². The molecule has 1 saturated heterocycles. The number of hydrogen-bond acceptors (Lipinski definition) is 9. The molecule has 3 aromatic rings.